The van der Waals surface area contributed by atoms with Gasteiger partial charge in [0.1, 0.15) is 6.04 Å². The molecule has 0 radical (unpaired) electrons. The van der Waals surface area contributed by atoms with Gasteiger partial charge in [-0.25, -0.2) is 0 Å². The summed E-state index contributed by atoms with van der Waals surface area (Å²) < 4.78 is 5.13. The summed E-state index contributed by atoms with van der Waals surface area (Å²) in [6.45, 7) is 2.70. The largest absolute Gasteiger partial charge is 0.465 e. The van der Waals surface area contributed by atoms with E-state index in [9.17, 15) is 4.79 Å². The Bertz CT molecular complexity index is 262. The lowest BCUT2D eigenvalue weighted by atomic mass is 9.92. The molecule has 1 rings (SSSR count). The van der Waals surface area contributed by atoms with Crippen molar-refractivity contribution in [3.8, 4) is 12.3 Å². The molecule has 1 unspecified atom stereocenters. The molecule has 0 aromatic heterocycles. The second-order valence-corrected chi connectivity index (χ2v) is 4.57. The number of carbonyl (C=O) groups is 1. The molecule has 1 aliphatic carbocycles. The number of hydrogen-bond donors (Lipinski definition) is 1. The summed E-state index contributed by atoms with van der Waals surface area (Å²) in [4.78, 5) is 11.9. The number of hydrogen-bond acceptors (Lipinski definition) is 3. The Labute approximate surface area is 104 Å². The third-order valence-corrected chi connectivity index (χ3v) is 3.34. The van der Waals surface area contributed by atoms with Crippen LogP contribution in [0.5, 0.6) is 0 Å². The van der Waals surface area contributed by atoms with Crippen molar-refractivity contribution < 1.29 is 9.53 Å². The Morgan fingerprint density at radius 1 is 1.41 bits per heavy atom. The van der Waals surface area contributed by atoms with Gasteiger partial charge in [0, 0.05) is 0 Å². The summed E-state index contributed by atoms with van der Waals surface area (Å²) in [5.41, 5.74) is 0. The first kappa shape index (κ1) is 14.1. The van der Waals surface area contributed by atoms with Gasteiger partial charge in [-0.05, 0) is 25.7 Å². The van der Waals surface area contributed by atoms with Crippen LogP contribution in [0.3, 0.4) is 0 Å². The normalized spacial score (nSPS) is 19.1. The van der Waals surface area contributed by atoms with E-state index in [2.05, 4.69) is 11.2 Å². The average Bonchev–Trinajstić information content (AvgIpc) is 2.59. The number of rotatable bonds is 5. The number of esters is 1. The number of ether oxygens (including phenoxy) is 1. The molecule has 0 amide bonds. The highest BCUT2D eigenvalue weighted by atomic mass is 16.5. The molecule has 0 aromatic rings. The Balaban J connectivity index is 2.59. The molecule has 3 nitrogen and oxygen atoms in total. The maximum Gasteiger partial charge on any atom is 0.323 e. The Morgan fingerprint density at radius 3 is 2.59 bits per heavy atom. The van der Waals surface area contributed by atoms with Crippen molar-refractivity contribution in [2.24, 2.45) is 5.92 Å². The predicted molar refractivity (Wildman–Crippen MR) is 68.4 cm³/mol. The first-order valence-electron chi connectivity index (χ1n) is 6.63. The summed E-state index contributed by atoms with van der Waals surface area (Å²) in [5.74, 6) is 2.77. The van der Waals surface area contributed by atoms with Gasteiger partial charge in [-0.15, -0.1) is 6.42 Å². The zero-order valence-corrected chi connectivity index (χ0v) is 10.7. The molecule has 3 heteroatoms. The van der Waals surface area contributed by atoms with E-state index in [1.807, 2.05) is 6.92 Å². The van der Waals surface area contributed by atoms with Crippen LogP contribution in [-0.2, 0) is 9.53 Å². The minimum Gasteiger partial charge on any atom is -0.465 e. The highest BCUT2D eigenvalue weighted by molar-refractivity contribution is 5.76. The van der Waals surface area contributed by atoms with Crippen molar-refractivity contribution in [2.45, 2.75) is 51.5 Å². The third kappa shape index (κ3) is 4.79. The van der Waals surface area contributed by atoms with E-state index < -0.39 is 0 Å². The summed E-state index contributed by atoms with van der Waals surface area (Å²) >= 11 is 0. The highest BCUT2D eigenvalue weighted by Gasteiger charge is 2.29. The zero-order valence-electron chi connectivity index (χ0n) is 10.7. The third-order valence-electron chi connectivity index (χ3n) is 3.34. The number of carbonyl (C=O) groups excluding carboxylic acids is 1. The fraction of sp³-hybridized carbons (Fsp3) is 0.786. The molecule has 0 aromatic carbocycles. The van der Waals surface area contributed by atoms with Gasteiger partial charge in [0.25, 0.3) is 0 Å². The lowest BCUT2D eigenvalue weighted by molar-refractivity contribution is -0.147. The minimum atomic E-state index is -0.218. The zero-order chi connectivity index (χ0) is 12.5. The average molecular weight is 237 g/mol. The lowest BCUT2D eigenvalue weighted by Gasteiger charge is -2.24. The molecule has 0 spiro atoms. The van der Waals surface area contributed by atoms with Gasteiger partial charge in [-0.2, -0.15) is 0 Å². The van der Waals surface area contributed by atoms with Crippen LogP contribution < -0.4 is 5.32 Å². The summed E-state index contributed by atoms with van der Waals surface area (Å²) in [6, 6.07) is -0.218. The fourth-order valence-electron chi connectivity index (χ4n) is 2.49. The molecule has 96 valence electrons. The van der Waals surface area contributed by atoms with Crippen LogP contribution in [0.15, 0.2) is 0 Å². The van der Waals surface area contributed by atoms with Gasteiger partial charge >= 0.3 is 5.97 Å². The summed E-state index contributed by atoms with van der Waals surface area (Å²) in [6.07, 6.45) is 12.4. The van der Waals surface area contributed by atoms with Gasteiger partial charge in [-0.3, -0.25) is 10.1 Å². The van der Waals surface area contributed by atoms with Gasteiger partial charge in [-0.1, -0.05) is 31.6 Å². The lowest BCUT2D eigenvalue weighted by Crippen LogP contribution is -2.44. The molecule has 0 bridgehead atoms. The van der Waals surface area contributed by atoms with Crippen molar-refractivity contribution in [2.75, 3.05) is 13.2 Å². The smallest absolute Gasteiger partial charge is 0.323 e. The minimum absolute atomic E-state index is 0.144. The van der Waals surface area contributed by atoms with E-state index in [0.29, 0.717) is 19.1 Å². The number of nitrogens with one attached hydrogen (secondary N) is 1. The summed E-state index contributed by atoms with van der Waals surface area (Å²) in [7, 11) is 0. The molecular weight excluding hydrogens is 214 g/mol. The van der Waals surface area contributed by atoms with E-state index >= 15 is 0 Å². The summed E-state index contributed by atoms with van der Waals surface area (Å²) in [5, 5.41) is 3.14. The van der Waals surface area contributed by atoms with Gasteiger partial charge in [0.05, 0.1) is 13.2 Å². The first-order valence-corrected chi connectivity index (χ1v) is 6.63. The standard InChI is InChI=1S/C14H23NO2/c1-3-11-15-13(14(16)17-4-2)12-9-7-5-6-8-10-12/h1,12-13,15H,4-11H2,2H3. The van der Waals surface area contributed by atoms with Gasteiger partial charge in [0.2, 0.25) is 0 Å². The van der Waals surface area contributed by atoms with Crippen molar-refractivity contribution in [1.82, 2.24) is 5.32 Å². The fourth-order valence-corrected chi connectivity index (χ4v) is 2.49. The predicted octanol–water partition coefficient (Wildman–Crippen LogP) is 2.11. The SMILES string of the molecule is C#CCNC(C(=O)OCC)C1CCCCCC1. The highest BCUT2D eigenvalue weighted by Crippen LogP contribution is 2.26. The van der Waals surface area contributed by atoms with E-state index in [-0.39, 0.29) is 12.0 Å². The van der Waals surface area contributed by atoms with Crippen LogP contribution in [0.2, 0.25) is 0 Å². The maximum absolute atomic E-state index is 11.9. The van der Waals surface area contributed by atoms with Crippen LogP contribution in [0.1, 0.15) is 45.4 Å². The Kier molecular flexibility index (Phi) is 6.73. The Morgan fingerprint density at radius 2 is 2.06 bits per heavy atom. The van der Waals surface area contributed by atoms with Crippen molar-refractivity contribution in [3.63, 3.8) is 0 Å². The molecule has 1 aliphatic rings. The molecule has 17 heavy (non-hydrogen) atoms. The van der Waals surface area contributed by atoms with Crippen LogP contribution in [0.25, 0.3) is 0 Å². The van der Waals surface area contributed by atoms with E-state index in [1.165, 1.54) is 25.7 Å². The van der Waals surface area contributed by atoms with Gasteiger partial charge < -0.3 is 4.74 Å². The molecule has 1 atom stereocenters. The molecule has 1 fully saturated rings. The Hall–Kier alpha value is -1.01. The van der Waals surface area contributed by atoms with Crippen molar-refractivity contribution in [3.05, 3.63) is 0 Å². The molecule has 0 aliphatic heterocycles. The quantitative estimate of drug-likeness (QED) is 0.452. The molecule has 0 saturated heterocycles. The maximum atomic E-state index is 11.9. The monoisotopic (exact) mass is 237 g/mol. The van der Waals surface area contributed by atoms with Crippen LogP contribution in [0.4, 0.5) is 0 Å². The second kappa shape index (κ2) is 8.14. The van der Waals surface area contributed by atoms with E-state index in [4.69, 9.17) is 11.2 Å². The number of terminal acetylenes is 1. The van der Waals surface area contributed by atoms with E-state index in [0.717, 1.165) is 12.8 Å². The molecule has 1 N–H and O–H groups in total. The molecule has 1 saturated carbocycles. The van der Waals surface area contributed by atoms with Gasteiger partial charge in [0.15, 0.2) is 0 Å². The van der Waals surface area contributed by atoms with Crippen LogP contribution in [-0.4, -0.2) is 25.2 Å². The molecular formula is C14H23NO2. The molecule has 0 heterocycles. The second-order valence-electron chi connectivity index (χ2n) is 4.57. The van der Waals surface area contributed by atoms with Crippen molar-refractivity contribution in [1.29, 1.82) is 0 Å². The topological polar surface area (TPSA) is 38.3 Å². The van der Waals surface area contributed by atoms with Crippen LogP contribution in [0, 0.1) is 18.3 Å². The van der Waals surface area contributed by atoms with Crippen molar-refractivity contribution >= 4 is 5.97 Å². The first-order chi connectivity index (χ1) is 8.29. The van der Waals surface area contributed by atoms with Crippen LogP contribution >= 0.6 is 0 Å². The van der Waals surface area contributed by atoms with E-state index in [1.54, 1.807) is 0 Å².